The first kappa shape index (κ1) is 12.9. The number of benzene rings is 2. The Morgan fingerprint density at radius 3 is 2.33 bits per heavy atom. The Balaban J connectivity index is 2.36. The van der Waals surface area contributed by atoms with Crippen LogP contribution in [0, 0.1) is 0 Å². The van der Waals surface area contributed by atoms with Crippen LogP contribution in [0.15, 0.2) is 53.5 Å². The molecule has 2 aromatic rings. The standard InChI is InChI=1S/C13H10Cl2N2O/c14-10-6-4-9(5-7-10)13(17-18)16-12-3-1-2-11(15)8-12/h1-8,18H,(H,16,17). The predicted molar refractivity (Wildman–Crippen MR) is 74.0 cm³/mol. The predicted octanol–water partition coefficient (Wildman–Crippen LogP) is 4.05. The fourth-order valence-corrected chi connectivity index (χ4v) is 1.75. The maximum Gasteiger partial charge on any atom is 0.157 e. The van der Waals surface area contributed by atoms with E-state index in [2.05, 4.69) is 10.5 Å². The number of aliphatic imine (C=N–C) groups is 1. The molecule has 92 valence electrons. The van der Waals surface area contributed by atoms with E-state index < -0.39 is 0 Å². The number of hydroxylamine groups is 1. The molecule has 0 unspecified atom stereocenters. The lowest BCUT2D eigenvalue weighted by atomic mass is 10.2. The van der Waals surface area contributed by atoms with Crippen LogP contribution in [0.5, 0.6) is 0 Å². The summed E-state index contributed by atoms with van der Waals surface area (Å²) >= 11 is 11.7. The second kappa shape index (κ2) is 5.87. The van der Waals surface area contributed by atoms with Gasteiger partial charge in [-0.1, -0.05) is 29.3 Å². The molecule has 0 fully saturated rings. The Labute approximate surface area is 115 Å². The summed E-state index contributed by atoms with van der Waals surface area (Å²) < 4.78 is 0. The Bertz CT molecular complexity index is 567. The van der Waals surface area contributed by atoms with E-state index in [9.17, 15) is 0 Å². The van der Waals surface area contributed by atoms with Gasteiger partial charge in [-0.2, -0.15) is 0 Å². The van der Waals surface area contributed by atoms with E-state index in [4.69, 9.17) is 28.4 Å². The van der Waals surface area contributed by atoms with Crippen LogP contribution in [0.25, 0.3) is 0 Å². The van der Waals surface area contributed by atoms with E-state index in [-0.39, 0.29) is 0 Å². The highest BCUT2D eigenvalue weighted by molar-refractivity contribution is 6.31. The van der Waals surface area contributed by atoms with Gasteiger partial charge in [-0.05, 0) is 42.5 Å². The molecule has 0 saturated heterocycles. The highest BCUT2D eigenvalue weighted by atomic mass is 35.5. The zero-order chi connectivity index (χ0) is 13.0. The highest BCUT2D eigenvalue weighted by Crippen LogP contribution is 2.19. The van der Waals surface area contributed by atoms with Gasteiger partial charge in [0, 0.05) is 15.6 Å². The number of rotatable bonds is 2. The van der Waals surface area contributed by atoms with Crippen LogP contribution in [0.3, 0.4) is 0 Å². The van der Waals surface area contributed by atoms with Gasteiger partial charge in [0.2, 0.25) is 0 Å². The van der Waals surface area contributed by atoms with Crippen LogP contribution in [0.4, 0.5) is 5.69 Å². The van der Waals surface area contributed by atoms with Crippen LogP contribution in [-0.4, -0.2) is 11.0 Å². The Morgan fingerprint density at radius 1 is 1.00 bits per heavy atom. The molecule has 0 aliphatic heterocycles. The number of halogens is 2. The molecule has 0 bridgehead atoms. The fraction of sp³-hybridized carbons (Fsp3) is 0. The molecular formula is C13H10Cl2N2O. The van der Waals surface area contributed by atoms with Crippen molar-refractivity contribution >= 4 is 34.7 Å². The van der Waals surface area contributed by atoms with Crippen LogP contribution in [0.1, 0.15) is 5.56 Å². The molecule has 5 heteroatoms. The highest BCUT2D eigenvalue weighted by Gasteiger charge is 2.02. The zero-order valence-corrected chi connectivity index (χ0v) is 10.8. The number of nitrogens with one attached hydrogen (secondary N) is 1. The molecule has 0 aromatic heterocycles. The molecule has 0 saturated carbocycles. The van der Waals surface area contributed by atoms with Gasteiger partial charge >= 0.3 is 0 Å². The monoisotopic (exact) mass is 280 g/mol. The van der Waals surface area contributed by atoms with Crippen LogP contribution in [0.2, 0.25) is 10.0 Å². The SMILES string of the molecule is ONC(=Nc1cccc(Cl)c1)c1ccc(Cl)cc1. The number of hydrogen-bond acceptors (Lipinski definition) is 2. The summed E-state index contributed by atoms with van der Waals surface area (Å²) in [4.78, 5) is 4.27. The third kappa shape index (κ3) is 3.23. The van der Waals surface area contributed by atoms with Crippen molar-refractivity contribution in [1.82, 2.24) is 5.48 Å². The summed E-state index contributed by atoms with van der Waals surface area (Å²) in [7, 11) is 0. The van der Waals surface area contributed by atoms with Crippen molar-refractivity contribution in [3.05, 3.63) is 64.1 Å². The molecule has 0 atom stereocenters. The summed E-state index contributed by atoms with van der Waals surface area (Å²) in [5, 5.41) is 10.3. The Kier molecular flexibility index (Phi) is 4.20. The van der Waals surface area contributed by atoms with Crippen molar-refractivity contribution in [2.45, 2.75) is 0 Å². The molecule has 2 aromatic carbocycles. The van der Waals surface area contributed by atoms with Crippen LogP contribution in [-0.2, 0) is 0 Å². The normalized spacial score (nSPS) is 11.4. The zero-order valence-electron chi connectivity index (χ0n) is 9.27. The van der Waals surface area contributed by atoms with Gasteiger partial charge in [0.1, 0.15) is 0 Å². The van der Waals surface area contributed by atoms with Gasteiger partial charge in [-0.15, -0.1) is 0 Å². The Hall–Kier alpha value is -1.55. The molecule has 18 heavy (non-hydrogen) atoms. The topological polar surface area (TPSA) is 44.6 Å². The third-order valence-corrected chi connectivity index (χ3v) is 2.76. The third-order valence-electron chi connectivity index (χ3n) is 2.27. The minimum absolute atomic E-state index is 0.328. The molecule has 2 N–H and O–H groups in total. The average molecular weight is 281 g/mol. The maximum absolute atomic E-state index is 9.13. The molecule has 0 radical (unpaired) electrons. The van der Waals surface area contributed by atoms with Crippen molar-refractivity contribution in [2.24, 2.45) is 4.99 Å². The first-order chi connectivity index (χ1) is 8.69. The average Bonchev–Trinajstić information content (AvgIpc) is 2.37. The van der Waals surface area contributed by atoms with Gasteiger partial charge in [0.05, 0.1) is 5.69 Å². The second-order valence-corrected chi connectivity index (χ2v) is 4.43. The lowest BCUT2D eigenvalue weighted by Gasteiger charge is -2.05. The van der Waals surface area contributed by atoms with E-state index in [0.29, 0.717) is 21.6 Å². The first-order valence-corrected chi connectivity index (χ1v) is 5.95. The van der Waals surface area contributed by atoms with Gasteiger partial charge in [-0.3, -0.25) is 10.7 Å². The molecule has 2 rings (SSSR count). The summed E-state index contributed by atoms with van der Waals surface area (Å²) in [6, 6.07) is 14.0. The molecule has 0 aliphatic rings. The van der Waals surface area contributed by atoms with E-state index in [0.717, 1.165) is 5.56 Å². The quantitative estimate of drug-likeness (QED) is 0.495. The van der Waals surface area contributed by atoms with Gasteiger partial charge in [0.25, 0.3) is 0 Å². The second-order valence-electron chi connectivity index (χ2n) is 3.56. The minimum Gasteiger partial charge on any atom is -0.290 e. The lowest BCUT2D eigenvalue weighted by molar-refractivity contribution is 0.235. The minimum atomic E-state index is 0.328. The van der Waals surface area contributed by atoms with Crippen LogP contribution < -0.4 is 5.48 Å². The number of amidine groups is 1. The van der Waals surface area contributed by atoms with Gasteiger partial charge in [0.15, 0.2) is 5.84 Å². The summed E-state index contributed by atoms with van der Waals surface area (Å²) in [6.45, 7) is 0. The molecule has 0 heterocycles. The fourth-order valence-electron chi connectivity index (χ4n) is 1.44. The van der Waals surface area contributed by atoms with E-state index in [1.165, 1.54) is 0 Å². The van der Waals surface area contributed by atoms with Crippen molar-refractivity contribution < 1.29 is 5.21 Å². The van der Waals surface area contributed by atoms with Crippen molar-refractivity contribution in [2.75, 3.05) is 0 Å². The van der Waals surface area contributed by atoms with Gasteiger partial charge < -0.3 is 0 Å². The van der Waals surface area contributed by atoms with Crippen molar-refractivity contribution in [3.63, 3.8) is 0 Å². The van der Waals surface area contributed by atoms with E-state index in [1.54, 1.807) is 48.5 Å². The number of nitrogens with zero attached hydrogens (tertiary/aromatic N) is 1. The molecular weight excluding hydrogens is 271 g/mol. The van der Waals surface area contributed by atoms with Gasteiger partial charge in [-0.25, -0.2) is 4.99 Å². The smallest absolute Gasteiger partial charge is 0.157 e. The molecule has 3 nitrogen and oxygen atoms in total. The van der Waals surface area contributed by atoms with Crippen LogP contribution >= 0.6 is 23.2 Å². The van der Waals surface area contributed by atoms with Crippen molar-refractivity contribution in [3.8, 4) is 0 Å². The lowest BCUT2D eigenvalue weighted by Crippen LogP contribution is -2.19. The number of hydrogen-bond donors (Lipinski definition) is 2. The maximum atomic E-state index is 9.13. The molecule has 0 aliphatic carbocycles. The van der Waals surface area contributed by atoms with E-state index in [1.807, 2.05) is 0 Å². The Morgan fingerprint density at radius 2 is 1.72 bits per heavy atom. The molecule has 0 amide bonds. The largest absolute Gasteiger partial charge is 0.290 e. The summed E-state index contributed by atoms with van der Waals surface area (Å²) in [5.74, 6) is 0.328. The first-order valence-electron chi connectivity index (χ1n) is 5.19. The summed E-state index contributed by atoms with van der Waals surface area (Å²) in [6.07, 6.45) is 0. The van der Waals surface area contributed by atoms with Crippen molar-refractivity contribution in [1.29, 1.82) is 0 Å². The van der Waals surface area contributed by atoms with E-state index >= 15 is 0 Å². The summed E-state index contributed by atoms with van der Waals surface area (Å²) in [5.41, 5.74) is 3.44. The molecule has 0 spiro atoms.